The SMILES string of the molecule is CC/C=C\C/C=C\C/C=C\C/C=C\C/C=C\CCCC(=O)OC1C(OCC(COC(=O)CCCCCCCCCCCCCCCCC)OC(=O)CCCCCCCCCCCCC)OC(C(=O)O)C(O)C1O. The number of aliphatic carboxylic acids is 1. The van der Waals surface area contributed by atoms with Crippen molar-refractivity contribution in [3.8, 4) is 0 Å². The van der Waals surface area contributed by atoms with Crippen LogP contribution in [0, 0.1) is 0 Å². The van der Waals surface area contributed by atoms with Crippen molar-refractivity contribution in [1.29, 1.82) is 0 Å². The standard InChI is InChI=1S/C61H104O12/c1-4-7-10-13-16-19-22-24-26-27-29-31-34-37-40-43-46-49-55(64)72-59-57(66)56(65)58(60(67)68)73-61(59)70-51-52(71-54(63)48-45-42-39-36-32-21-18-15-12-9-6-3)50-69-53(62)47-44-41-38-35-33-30-28-25-23-20-17-14-11-8-5-2/h7,10,16,19,24,26,29,31,37,40,52,56-59,61,65-66H,4-6,8-9,11-15,17-18,20-23,25,27-28,30,32-36,38-39,41-51H2,1-3H3,(H,67,68)/b10-7-,19-16-,26-24-,31-29-,40-37-. The Labute approximate surface area is 443 Å². The fourth-order valence-electron chi connectivity index (χ4n) is 8.64. The number of aliphatic hydroxyl groups excluding tert-OH is 2. The molecule has 1 rings (SSSR count). The number of carboxylic acids is 1. The first-order valence-electron chi connectivity index (χ1n) is 29.3. The van der Waals surface area contributed by atoms with Crippen LogP contribution in [0.1, 0.15) is 252 Å². The second-order valence-corrected chi connectivity index (χ2v) is 19.9. The van der Waals surface area contributed by atoms with Crippen LogP contribution >= 0.6 is 0 Å². The van der Waals surface area contributed by atoms with E-state index in [1.807, 2.05) is 12.2 Å². The van der Waals surface area contributed by atoms with E-state index in [-0.39, 0.29) is 25.9 Å². The van der Waals surface area contributed by atoms with E-state index in [1.54, 1.807) is 0 Å². The molecular formula is C61H104O12. The van der Waals surface area contributed by atoms with Crippen LogP contribution in [0.2, 0.25) is 0 Å². The molecule has 1 aliphatic heterocycles. The predicted octanol–water partition coefficient (Wildman–Crippen LogP) is 14.8. The Morgan fingerprint density at radius 2 is 0.863 bits per heavy atom. The van der Waals surface area contributed by atoms with Gasteiger partial charge in [-0.3, -0.25) is 14.4 Å². The van der Waals surface area contributed by atoms with E-state index in [1.165, 1.54) is 116 Å². The van der Waals surface area contributed by atoms with Crippen LogP contribution in [-0.2, 0) is 42.9 Å². The lowest BCUT2D eigenvalue weighted by Crippen LogP contribution is -2.61. The second kappa shape index (κ2) is 49.3. The van der Waals surface area contributed by atoms with E-state index in [9.17, 15) is 34.5 Å². The molecule has 3 N–H and O–H groups in total. The smallest absolute Gasteiger partial charge is 0.335 e. The third-order valence-electron chi connectivity index (χ3n) is 13.1. The maximum atomic E-state index is 13.1. The summed E-state index contributed by atoms with van der Waals surface area (Å²) in [6, 6.07) is 0. The molecule has 420 valence electrons. The Hall–Kier alpha value is -3.58. The molecule has 1 aliphatic rings. The van der Waals surface area contributed by atoms with Gasteiger partial charge in [0, 0.05) is 19.3 Å². The number of allylic oxidation sites excluding steroid dienone is 10. The number of esters is 3. The van der Waals surface area contributed by atoms with Gasteiger partial charge in [-0.2, -0.15) is 0 Å². The molecule has 6 atom stereocenters. The van der Waals surface area contributed by atoms with E-state index in [4.69, 9.17) is 23.7 Å². The van der Waals surface area contributed by atoms with Crippen molar-refractivity contribution in [3.63, 3.8) is 0 Å². The highest BCUT2D eigenvalue weighted by molar-refractivity contribution is 5.74. The van der Waals surface area contributed by atoms with E-state index in [0.29, 0.717) is 25.7 Å². The average Bonchev–Trinajstić information content (AvgIpc) is 3.37. The normalized spacial score (nSPS) is 18.7. The zero-order valence-electron chi connectivity index (χ0n) is 46.1. The number of hydrogen-bond acceptors (Lipinski definition) is 11. The van der Waals surface area contributed by atoms with Crippen molar-refractivity contribution in [2.75, 3.05) is 13.2 Å². The topological polar surface area (TPSA) is 175 Å². The lowest BCUT2D eigenvalue weighted by atomic mass is 9.98. The third kappa shape index (κ3) is 39.5. The highest BCUT2D eigenvalue weighted by Gasteiger charge is 2.50. The van der Waals surface area contributed by atoms with Crippen molar-refractivity contribution in [2.24, 2.45) is 0 Å². The van der Waals surface area contributed by atoms with Crippen LogP contribution in [0.4, 0.5) is 0 Å². The van der Waals surface area contributed by atoms with Crippen molar-refractivity contribution >= 4 is 23.9 Å². The summed E-state index contributed by atoms with van der Waals surface area (Å²) in [7, 11) is 0. The van der Waals surface area contributed by atoms with Gasteiger partial charge >= 0.3 is 23.9 Å². The molecule has 12 heteroatoms. The van der Waals surface area contributed by atoms with Crippen LogP contribution in [-0.4, -0.2) is 89.2 Å². The molecule has 73 heavy (non-hydrogen) atoms. The van der Waals surface area contributed by atoms with Gasteiger partial charge in [0.1, 0.15) is 18.8 Å². The van der Waals surface area contributed by atoms with Crippen molar-refractivity contribution in [2.45, 2.75) is 289 Å². The summed E-state index contributed by atoms with van der Waals surface area (Å²) in [5.74, 6) is -3.18. The molecule has 0 radical (unpaired) electrons. The van der Waals surface area contributed by atoms with Crippen molar-refractivity contribution in [1.82, 2.24) is 0 Å². The molecule has 0 aliphatic carbocycles. The Balaban J connectivity index is 2.71. The predicted molar refractivity (Wildman–Crippen MR) is 294 cm³/mol. The molecule has 0 aromatic carbocycles. The van der Waals surface area contributed by atoms with Crippen molar-refractivity contribution in [3.05, 3.63) is 60.8 Å². The number of carbonyl (C=O) groups is 4. The van der Waals surface area contributed by atoms with Gasteiger partial charge in [-0.25, -0.2) is 4.79 Å². The summed E-state index contributed by atoms with van der Waals surface area (Å²) in [6.45, 7) is 5.86. The molecule has 0 aromatic heterocycles. The summed E-state index contributed by atoms with van der Waals surface area (Å²) in [4.78, 5) is 51.0. The van der Waals surface area contributed by atoms with Gasteiger partial charge in [0.05, 0.1) is 6.61 Å². The van der Waals surface area contributed by atoms with Crippen LogP contribution in [0.3, 0.4) is 0 Å². The number of carboxylic acid groups (broad SMARTS) is 1. The van der Waals surface area contributed by atoms with Gasteiger partial charge in [-0.05, 0) is 57.8 Å². The van der Waals surface area contributed by atoms with Crippen LogP contribution in [0.25, 0.3) is 0 Å². The third-order valence-corrected chi connectivity index (χ3v) is 13.1. The van der Waals surface area contributed by atoms with Gasteiger partial charge in [0.2, 0.25) is 0 Å². The lowest BCUT2D eigenvalue weighted by Gasteiger charge is -2.40. The van der Waals surface area contributed by atoms with Crippen LogP contribution in [0.15, 0.2) is 60.8 Å². The second-order valence-electron chi connectivity index (χ2n) is 19.9. The summed E-state index contributed by atoms with van der Waals surface area (Å²) >= 11 is 0. The van der Waals surface area contributed by atoms with Gasteiger partial charge in [-0.15, -0.1) is 0 Å². The van der Waals surface area contributed by atoms with Crippen molar-refractivity contribution < 1.29 is 58.2 Å². The van der Waals surface area contributed by atoms with Gasteiger partial charge in [0.25, 0.3) is 0 Å². The number of hydrogen-bond donors (Lipinski definition) is 3. The summed E-state index contributed by atoms with van der Waals surface area (Å²) in [5.41, 5.74) is 0. The molecule has 0 saturated carbocycles. The number of rotatable bonds is 49. The zero-order valence-corrected chi connectivity index (χ0v) is 46.1. The van der Waals surface area contributed by atoms with Gasteiger partial charge in [-0.1, -0.05) is 236 Å². The number of carbonyl (C=O) groups excluding carboxylic acids is 3. The van der Waals surface area contributed by atoms with Crippen LogP contribution < -0.4 is 0 Å². The molecule has 6 unspecified atom stereocenters. The molecule has 0 amide bonds. The summed E-state index contributed by atoms with van der Waals surface area (Å²) in [6.07, 6.45) is 47.7. The fourth-order valence-corrected chi connectivity index (χ4v) is 8.64. The molecule has 1 heterocycles. The van der Waals surface area contributed by atoms with Gasteiger partial charge < -0.3 is 39.0 Å². The fraction of sp³-hybridized carbons (Fsp3) is 0.770. The molecule has 0 aromatic rings. The molecular weight excluding hydrogens is 925 g/mol. The first kappa shape index (κ1) is 67.4. The zero-order chi connectivity index (χ0) is 53.3. The first-order valence-corrected chi connectivity index (χ1v) is 29.3. The minimum absolute atomic E-state index is 0.0166. The van der Waals surface area contributed by atoms with E-state index < -0.39 is 67.3 Å². The summed E-state index contributed by atoms with van der Waals surface area (Å²) < 4.78 is 28.3. The van der Waals surface area contributed by atoms with E-state index in [2.05, 4.69) is 69.4 Å². The minimum atomic E-state index is -1.92. The maximum absolute atomic E-state index is 13.1. The molecule has 1 saturated heterocycles. The highest BCUT2D eigenvalue weighted by atomic mass is 16.7. The largest absolute Gasteiger partial charge is 0.479 e. The van der Waals surface area contributed by atoms with E-state index >= 15 is 0 Å². The van der Waals surface area contributed by atoms with Gasteiger partial charge in [0.15, 0.2) is 24.6 Å². The van der Waals surface area contributed by atoms with E-state index in [0.717, 1.165) is 70.6 Å². The molecule has 0 bridgehead atoms. The number of unbranched alkanes of at least 4 members (excludes halogenated alkanes) is 25. The average molecular weight is 1030 g/mol. The Bertz CT molecular complexity index is 1500. The summed E-state index contributed by atoms with van der Waals surface area (Å²) in [5, 5.41) is 31.4. The maximum Gasteiger partial charge on any atom is 0.335 e. The highest BCUT2D eigenvalue weighted by Crippen LogP contribution is 2.26. The Kier molecular flexibility index (Phi) is 45.5. The van der Waals surface area contributed by atoms with Crippen LogP contribution in [0.5, 0.6) is 0 Å². The monoisotopic (exact) mass is 1030 g/mol. The Morgan fingerprint density at radius 1 is 0.466 bits per heavy atom. The molecule has 1 fully saturated rings. The molecule has 0 spiro atoms. The molecule has 12 nitrogen and oxygen atoms in total. The Morgan fingerprint density at radius 3 is 1.30 bits per heavy atom. The number of ether oxygens (including phenoxy) is 5. The number of aliphatic hydroxyl groups is 2. The quantitative estimate of drug-likeness (QED) is 0.0228. The first-order chi connectivity index (χ1) is 35.6. The lowest BCUT2D eigenvalue weighted by molar-refractivity contribution is -0.301. The minimum Gasteiger partial charge on any atom is -0.479 e.